The van der Waals surface area contributed by atoms with E-state index in [0.717, 1.165) is 27.4 Å². The van der Waals surface area contributed by atoms with Gasteiger partial charge in [0.2, 0.25) is 0 Å². The highest BCUT2D eigenvalue weighted by Crippen LogP contribution is 2.32. The Morgan fingerprint density at radius 3 is 2.33 bits per heavy atom. The molecule has 2 aromatic carbocycles. The van der Waals surface area contributed by atoms with Crippen LogP contribution in [0.2, 0.25) is 10.0 Å². The smallest absolute Gasteiger partial charge is 0.124 e. The molecular formula is C16H12Cl2N2S. The van der Waals surface area contributed by atoms with Crippen molar-refractivity contribution < 1.29 is 0 Å². The summed E-state index contributed by atoms with van der Waals surface area (Å²) in [5, 5.41) is 4.08. The summed E-state index contributed by atoms with van der Waals surface area (Å²) in [6.07, 6.45) is 0. The summed E-state index contributed by atoms with van der Waals surface area (Å²) in [5.41, 5.74) is 9.67. The molecule has 0 atom stereocenters. The first-order valence-electron chi connectivity index (χ1n) is 6.37. The molecule has 2 nitrogen and oxygen atoms in total. The fourth-order valence-electron chi connectivity index (χ4n) is 1.98. The molecule has 0 aliphatic carbocycles. The summed E-state index contributed by atoms with van der Waals surface area (Å²) in [4.78, 5) is 4.66. The monoisotopic (exact) mass is 334 g/mol. The Morgan fingerprint density at radius 2 is 1.67 bits per heavy atom. The van der Waals surface area contributed by atoms with Gasteiger partial charge in [0, 0.05) is 23.1 Å². The first-order valence-corrected chi connectivity index (χ1v) is 8.01. The molecule has 0 radical (unpaired) electrons. The van der Waals surface area contributed by atoms with Gasteiger partial charge in [-0.1, -0.05) is 53.5 Å². The van der Waals surface area contributed by atoms with Crippen LogP contribution in [0.5, 0.6) is 0 Å². The zero-order valence-electron chi connectivity index (χ0n) is 11.0. The van der Waals surface area contributed by atoms with Crippen molar-refractivity contribution in [2.24, 2.45) is 5.73 Å². The van der Waals surface area contributed by atoms with Gasteiger partial charge in [0.1, 0.15) is 5.01 Å². The third kappa shape index (κ3) is 3.11. The lowest BCUT2D eigenvalue weighted by Crippen LogP contribution is -1.95. The Morgan fingerprint density at radius 1 is 0.952 bits per heavy atom. The maximum absolute atomic E-state index is 6.05. The number of aromatic nitrogens is 1. The van der Waals surface area contributed by atoms with Crippen molar-refractivity contribution in [3.05, 3.63) is 63.5 Å². The van der Waals surface area contributed by atoms with E-state index in [4.69, 9.17) is 28.9 Å². The molecule has 106 valence electrons. The molecule has 0 spiro atoms. The van der Waals surface area contributed by atoms with E-state index in [0.29, 0.717) is 16.6 Å². The van der Waals surface area contributed by atoms with Crippen LogP contribution < -0.4 is 5.73 Å². The molecule has 0 amide bonds. The second-order valence-corrected chi connectivity index (χ2v) is 6.24. The van der Waals surface area contributed by atoms with Crippen molar-refractivity contribution in [2.45, 2.75) is 6.54 Å². The number of rotatable bonds is 3. The Labute approximate surface area is 137 Å². The van der Waals surface area contributed by atoms with Crippen LogP contribution in [0.3, 0.4) is 0 Å². The average Bonchev–Trinajstić information content (AvgIpc) is 3.00. The van der Waals surface area contributed by atoms with Crippen molar-refractivity contribution in [3.63, 3.8) is 0 Å². The quantitative estimate of drug-likeness (QED) is 0.711. The minimum atomic E-state index is 0.538. The van der Waals surface area contributed by atoms with Crippen molar-refractivity contribution in [3.8, 4) is 21.8 Å². The lowest BCUT2D eigenvalue weighted by Gasteiger charge is -2.00. The molecular weight excluding hydrogens is 323 g/mol. The van der Waals surface area contributed by atoms with Gasteiger partial charge in [0.25, 0.3) is 0 Å². The molecule has 0 bridgehead atoms. The molecule has 0 aliphatic rings. The van der Waals surface area contributed by atoms with Gasteiger partial charge in [0.15, 0.2) is 0 Å². The van der Waals surface area contributed by atoms with Gasteiger partial charge in [-0.05, 0) is 17.7 Å². The maximum atomic E-state index is 6.05. The SMILES string of the molecule is NCc1ccc(-c2nc(-c3ccc(Cl)c(Cl)c3)cs2)cc1. The normalized spacial score (nSPS) is 10.8. The molecule has 0 saturated heterocycles. The van der Waals surface area contributed by atoms with Crippen LogP contribution in [0, 0.1) is 0 Å². The van der Waals surface area contributed by atoms with Crippen LogP contribution in [0.25, 0.3) is 21.8 Å². The van der Waals surface area contributed by atoms with Gasteiger partial charge in [-0.2, -0.15) is 0 Å². The molecule has 2 N–H and O–H groups in total. The molecule has 5 heteroatoms. The fraction of sp³-hybridized carbons (Fsp3) is 0.0625. The van der Waals surface area contributed by atoms with Gasteiger partial charge >= 0.3 is 0 Å². The number of thiazole rings is 1. The Hall–Kier alpha value is -1.39. The largest absolute Gasteiger partial charge is 0.326 e. The molecule has 0 aliphatic heterocycles. The summed E-state index contributed by atoms with van der Waals surface area (Å²) in [7, 11) is 0. The zero-order valence-corrected chi connectivity index (χ0v) is 13.3. The van der Waals surface area contributed by atoms with E-state index < -0.39 is 0 Å². The number of hydrogen-bond acceptors (Lipinski definition) is 3. The van der Waals surface area contributed by atoms with Gasteiger partial charge in [0.05, 0.1) is 15.7 Å². The van der Waals surface area contributed by atoms with E-state index in [9.17, 15) is 0 Å². The molecule has 0 fully saturated rings. The predicted octanol–water partition coefficient (Wildman–Crippen LogP) is 5.24. The van der Waals surface area contributed by atoms with E-state index in [1.165, 1.54) is 0 Å². The van der Waals surface area contributed by atoms with Crippen LogP contribution in [0.15, 0.2) is 47.8 Å². The highest BCUT2D eigenvalue weighted by atomic mass is 35.5. The van der Waals surface area contributed by atoms with Gasteiger partial charge < -0.3 is 5.73 Å². The second kappa shape index (κ2) is 6.16. The summed E-state index contributed by atoms with van der Waals surface area (Å²) in [6, 6.07) is 13.7. The van der Waals surface area contributed by atoms with E-state index >= 15 is 0 Å². The van der Waals surface area contributed by atoms with E-state index in [2.05, 4.69) is 4.98 Å². The number of hydrogen-bond donors (Lipinski definition) is 1. The second-order valence-electron chi connectivity index (χ2n) is 4.57. The molecule has 3 aromatic rings. The van der Waals surface area contributed by atoms with E-state index in [1.54, 1.807) is 17.4 Å². The van der Waals surface area contributed by atoms with Crippen LogP contribution in [0.1, 0.15) is 5.56 Å². The zero-order chi connectivity index (χ0) is 14.8. The lowest BCUT2D eigenvalue weighted by molar-refractivity contribution is 1.07. The summed E-state index contributed by atoms with van der Waals surface area (Å²) in [6.45, 7) is 0.548. The van der Waals surface area contributed by atoms with Crippen LogP contribution >= 0.6 is 34.5 Å². The molecule has 0 unspecified atom stereocenters. The van der Waals surface area contributed by atoms with Crippen LogP contribution in [0.4, 0.5) is 0 Å². The number of benzene rings is 2. The van der Waals surface area contributed by atoms with Gasteiger partial charge in [-0.3, -0.25) is 0 Å². The van der Waals surface area contributed by atoms with Crippen molar-refractivity contribution in [1.29, 1.82) is 0 Å². The molecule has 3 rings (SSSR count). The minimum Gasteiger partial charge on any atom is -0.326 e. The highest BCUT2D eigenvalue weighted by molar-refractivity contribution is 7.13. The average molecular weight is 335 g/mol. The predicted molar refractivity (Wildman–Crippen MR) is 90.9 cm³/mol. The maximum Gasteiger partial charge on any atom is 0.124 e. The fourth-order valence-corrected chi connectivity index (χ4v) is 3.11. The van der Waals surface area contributed by atoms with Gasteiger partial charge in [-0.25, -0.2) is 4.98 Å². The Bertz CT molecular complexity index is 766. The van der Waals surface area contributed by atoms with E-state index in [1.807, 2.05) is 41.8 Å². The number of nitrogens with zero attached hydrogens (tertiary/aromatic N) is 1. The molecule has 1 heterocycles. The van der Waals surface area contributed by atoms with E-state index in [-0.39, 0.29) is 0 Å². The molecule has 1 aromatic heterocycles. The van der Waals surface area contributed by atoms with Crippen molar-refractivity contribution >= 4 is 34.5 Å². The Kier molecular flexibility index (Phi) is 4.27. The lowest BCUT2D eigenvalue weighted by atomic mass is 10.1. The topological polar surface area (TPSA) is 38.9 Å². The number of nitrogens with two attached hydrogens (primary N) is 1. The van der Waals surface area contributed by atoms with Crippen molar-refractivity contribution in [2.75, 3.05) is 0 Å². The van der Waals surface area contributed by atoms with Crippen molar-refractivity contribution in [1.82, 2.24) is 4.98 Å². The number of halogens is 2. The Balaban J connectivity index is 1.93. The van der Waals surface area contributed by atoms with Gasteiger partial charge in [-0.15, -0.1) is 11.3 Å². The standard InChI is InChI=1S/C16H12Cl2N2S/c17-13-6-5-12(7-14(13)18)15-9-21-16(20-15)11-3-1-10(8-19)2-4-11/h1-7,9H,8,19H2. The first kappa shape index (κ1) is 14.5. The van der Waals surface area contributed by atoms with Crippen LogP contribution in [-0.4, -0.2) is 4.98 Å². The first-order chi connectivity index (χ1) is 10.2. The summed E-state index contributed by atoms with van der Waals surface area (Å²) in [5.74, 6) is 0. The third-order valence-electron chi connectivity index (χ3n) is 3.16. The summed E-state index contributed by atoms with van der Waals surface area (Å²) < 4.78 is 0. The molecule has 0 saturated carbocycles. The molecule has 21 heavy (non-hydrogen) atoms. The minimum absolute atomic E-state index is 0.538. The van der Waals surface area contributed by atoms with Crippen LogP contribution in [-0.2, 0) is 6.54 Å². The highest BCUT2D eigenvalue weighted by Gasteiger charge is 2.08. The third-order valence-corrected chi connectivity index (χ3v) is 4.79. The summed E-state index contributed by atoms with van der Waals surface area (Å²) >= 11 is 13.6.